The Hall–Kier alpha value is -2.83. The first-order valence-corrected chi connectivity index (χ1v) is 12.2. The van der Waals surface area contributed by atoms with Crippen LogP contribution in [0.15, 0.2) is 77.7 Å². The maximum atomic E-state index is 13.5. The number of hydrogen-bond acceptors (Lipinski definition) is 3. The van der Waals surface area contributed by atoms with E-state index in [4.69, 9.17) is 11.6 Å². The highest BCUT2D eigenvalue weighted by Crippen LogP contribution is 2.29. The van der Waals surface area contributed by atoms with Crippen LogP contribution in [0, 0.1) is 13.8 Å². The van der Waals surface area contributed by atoms with Gasteiger partial charge in [-0.25, -0.2) is 8.42 Å². The summed E-state index contributed by atoms with van der Waals surface area (Å²) in [6.45, 7) is 5.41. The minimum Gasteiger partial charge on any atom is -0.348 e. The van der Waals surface area contributed by atoms with Gasteiger partial charge in [0.1, 0.15) is 6.54 Å². The van der Waals surface area contributed by atoms with Gasteiger partial charge >= 0.3 is 0 Å². The number of carbonyl (C=O) groups excluding carboxylic acids is 1. The molecule has 1 unspecified atom stereocenters. The van der Waals surface area contributed by atoms with Gasteiger partial charge in [0.15, 0.2) is 0 Å². The van der Waals surface area contributed by atoms with Gasteiger partial charge in [0.2, 0.25) is 5.91 Å². The molecule has 0 bridgehead atoms. The topological polar surface area (TPSA) is 66.5 Å². The van der Waals surface area contributed by atoms with Crippen LogP contribution in [-0.2, 0) is 14.8 Å². The van der Waals surface area contributed by atoms with Gasteiger partial charge in [0, 0.05) is 5.02 Å². The summed E-state index contributed by atoms with van der Waals surface area (Å²) >= 11 is 6.17. The third kappa shape index (κ3) is 5.50. The number of anilines is 1. The van der Waals surface area contributed by atoms with E-state index < -0.39 is 15.9 Å². The molecule has 3 aromatic rings. The highest BCUT2D eigenvalue weighted by molar-refractivity contribution is 7.92. The van der Waals surface area contributed by atoms with Crippen LogP contribution < -0.4 is 9.62 Å². The summed E-state index contributed by atoms with van der Waals surface area (Å²) in [5.74, 6) is -0.392. The summed E-state index contributed by atoms with van der Waals surface area (Å²) in [5.41, 5.74) is 3.18. The van der Waals surface area contributed by atoms with Crippen molar-refractivity contribution in [2.24, 2.45) is 0 Å². The van der Waals surface area contributed by atoms with Crippen molar-refractivity contribution < 1.29 is 13.2 Å². The number of carbonyl (C=O) groups is 1. The molecular formula is C25H27ClN2O3S. The van der Waals surface area contributed by atoms with Gasteiger partial charge < -0.3 is 5.32 Å². The maximum Gasteiger partial charge on any atom is 0.264 e. The van der Waals surface area contributed by atoms with E-state index in [1.54, 1.807) is 43.3 Å². The van der Waals surface area contributed by atoms with Crippen LogP contribution in [0.4, 0.5) is 5.69 Å². The highest BCUT2D eigenvalue weighted by atomic mass is 35.5. The third-order valence-electron chi connectivity index (χ3n) is 5.28. The van der Waals surface area contributed by atoms with Crippen LogP contribution in [0.25, 0.3) is 0 Å². The second-order valence-corrected chi connectivity index (χ2v) is 9.99. The summed E-state index contributed by atoms with van der Waals surface area (Å²) in [7, 11) is -3.99. The number of nitrogens with zero attached hydrogens (tertiary/aromatic N) is 1. The van der Waals surface area contributed by atoms with Gasteiger partial charge in [0.05, 0.1) is 16.6 Å². The minimum absolute atomic E-state index is 0.109. The van der Waals surface area contributed by atoms with E-state index in [9.17, 15) is 13.2 Å². The predicted molar refractivity (Wildman–Crippen MR) is 130 cm³/mol. The summed E-state index contributed by atoms with van der Waals surface area (Å²) in [6, 6.07) is 20.8. The first-order chi connectivity index (χ1) is 15.2. The lowest BCUT2D eigenvalue weighted by Gasteiger charge is -2.27. The molecule has 0 aliphatic rings. The average molecular weight is 471 g/mol. The van der Waals surface area contributed by atoms with Gasteiger partial charge in [-0.3, -0.25) is 9.10 Å². The molecule has 3 aromatic carbocycles. The van der Waals surface area contributed by atoms with E-state index in [0.29, 0.717) is 22.7 Å². The minimum atomic E-state index is -3.99. The first-order valence-electron chi connectivity index (χ1n) is 10.4. The van der Waals surface area contributed by atoms with E-state index in [1.807, 2.05) is 38.1 Å². The van der Waals surface area contributed by atoms with Crippen molar-refractivity contribution in [3.05, 3.63) is 94.5 Å². The van der Waals surface area contributed by atoms with Crippen LogP contribution in [0.3, 0.4) is 0 Å². The second kappa shape index (κ2) is 10.2. The molecule has 0 aliphatic heterocycles. The number of amides is 1. The molecule has 0 aliphatic carbocycles. The molecule has 0 spiro atoms. The molecule has 1 amide bonds. The van der Waals surface area contributed by atoms with Gasteiger partial charge in [-0.1, -0.05) is 72.6 Å². The quantitative estimate of drug-likeness (QED) is 0.478. The van der Waals surface area contributed by atoms with E-state index in [0.717, 1.165) is 15.4 Å². The number of nitrogens with one attached hydrogen (secondary N) is 1. The molecule has 7 heteroatoms. The van der Waals surface area contributed by atoms with E-state index in [2.05, 4.69) is 5.32 Å². The SMILES string of the molecule is CCC(NC(=O)CN(c1cc(Cl)ccc1C)S(=O)(=O)c1ccccc1)c1ccc(C)cc1. The van der Waals surface area contributed by atoms with Crippen LogP contribution in [0.1, 0.15) is 36.1 Å². The van der Waals surface area contributed by atoms with Crippen LogP contribution in [0.2, 0.25) is 5.02 Å². The molecule has 1 atom stereocenters. The van der Waals surface area contributed by atoms with Crippen molar-refractivity contribution in [1.29, 1.82) is 0 Å². The molecule has 0 aromatic heterocycles. The first kappa shape index (κ1) is 23.8. The second-order valence-electron chi connectivity index (χ2n) is 7.69. The van der Waals surface area contributed by atoms with Crippen molar-refractivity contribution in [2.45, 2.75) is 38.1 Å². The van der Waals surface area contributed by atoms with Crippen LogP contribution in [0.5, 0.6) is 0 Å². The Kier molecular flexibility index (Phi) is 7.59. The zero-order valence-corrected chi connectivity index (χ0v) is 20.0. The summed E-state index contributed by atoms with van der Waals surface area (Å²) in [6.07, 6.45) is 0.677. The van der Waals surface area contributed by atoms with Crippen molar-refractivity contribution in [2.75, 3.05) is 10.8 Å². The molecule has 168 valence electrons. The summed E-state index contributed by atoms with van der Waals surface area (Å²) < 4.78 is 28.1. The Morgan fingerprint density at radius 3 is 2.28 bits per heavy atom. The fraction of sp³-hybridized carbons (Fsp3) is 0.240. The number of benzene rings is 3. The molecular weight excluding hydrogens is 444 g/mol. The van der Waals surface area contributed by atoms with Crippen molar-refractivity contribution in [3.8, 4) is 0 Å². The maximum absolute atomic E-state index is 13.5. The number of sulfonamides is 1. The zero-order chi connectivity index (χ0) is 23.3. The largest absolute Gasteiger partial charge is 0.348 e. The standard InChI is InChI=1S/C25H27ClN2O3S/c1-4-23(20-13-10-18(2)11-14-20)27-25(29)17-28(24-16-21(26)15-12-19(24)3)32(30,31)22-8-6-5-7-9-22/h5-16,23H,4,17H2,1-3H3,(H,27,29). The van der Waals surface area contributed by atoms with Crippen LogP contribution >= 0.6 is 11.6 Å². The molecule has 0 saturated heterocycles. The fourth-order valence-corrected chi connectivity index (χ4v) is 5.13. The van der Waals surface area contributed by atoms with E-state index in [-0.39, 0.29) is 17.5 Å². The molecule has 0 fully saturated rings. The molecule has 3 rings (SSSR count). The smallest absolute Gasteiger partial charge is 0.264 e. The summed E-state index contributed by atoms with van der Waals surface area (Å²) in [4.78, 5) is 13.2. The zero-order valence-electron chi connectivity index (χ0n) is 18.4. The third-order valence-corrected chi connectivity index (χ3v) is 7.29. The number of aryl methyl sites for hydroxylation is 2. The molecule has 5 nitrogen and oxygen atoms in total. The fourth-order valence-electron chi connectivity index (χ4n) is 3.46. The van der Waals surface area contributed by atoms with Gasteiger partial charge in [0.25, 0.3) is 10.0 Å². The van der Waals surface area contributed by atoms with Gasteiger partial charge in [-0.15, -0.1) is 0 Å². The number of hydrogen-bond donors (Lipinski definition) is 1. The number of rotatable bonds is 8. The lowest BCUT2D eigenvalue weighted by Crippen LogP contribution is -2.42. The normalized spacial score (nSPS) is 12.2. The van der Waals surface area contributed by atoms with E-state index >= 15 is 0 Å². The van der Waals surface area contributed by atoms with Crippen LogP contribution in [-0.4, -0.2) is 20.9 Å². The molecule has 1 N–H and O–H groups in total. The van der Waals surface area contributed by atoms with Gasteiger partial charge in [-0.05, 0) is 55.7 Å². The lowest BCUT2D eigenvalue weighted by molar-refractivity contribution is -0.120. The molecule has 0 radical (unpaired) electrons. The number of halogens is 1. The monoisotopic (exact) mass is 470 g/mol. The Morgan fingerprint density at radius 2 is 1.66 bits per heavy atom. The van der Waals surface area contributed by atoms with Crippen molar-refractivity contribution in [1.82, 2.24) is 5.32 Å². The van der Waals surface area contributed by atoms with E-state index in [1.165, 1.54) is 12.1 Å². The Morgan fingerprint density at radius 1 is 1.00 bits per heavy atom. The Balaban J connectivity index is 1.94. The van der Waals surface area contributed by atoms with Crippen molar-refractivity contribution >= 4 is 33.2 Å². The molecule has 32 heavy (non-hydrogen) atoms. The van der Waals surface area contributed by atoms with Gasteiger partial charge in [-0.2, -0.15) is 0 Å². The molecule has 0 saturated carbocycles. The average Bonchev–Trinajstić information content (AvgIpc) is 2.79. The lowest BCUT2D eigenvalue weighted by atomic mass is 10.0. The van der Waals surface area contributed by atoms with Crippen molar-refractivity contribution in [3.63, 3.8) is 0 Å². The summed E-state index contributed by atoms with van der Waals surface area (Å²) in [5, 5.41) is 3.38. The predicted octanol–water partition coefficient (Wildman–Crippen LogP) is 5.42. The Bertz CT molecular complexity index is 1180. The Labute approximate surface area is 195 Å². The highest BCUT2D eigenvalue weighted by Gasteiger charge is 2.29. The molecule has 0 heterocycles.